The van der Waals surface area contributed by atoms with Gasteiger partial charge in [0, 0.05) is 17.0 Å². The van der Waals surface area contributed by atoms with Crippen molar-refractivity contribution in [1.29, 1.82) is 0 Å². The van der Waals surface area contributed by atoms with Crippen molar-refractivity contribution in [2.24, 2.45) is 0 Å². The summed E-state index contributed by atoms with van der Waals surface area (Å²) in [6.07, 6.45) is -0.658. The molecule has 0 aliphatic carbocycles. The first-order valence-electron chi connectivity index (χ1n) is 8.02. The molecule has 2 heterocycles. The Bertz CT molecular complexity index is 891. The minimum atomic E-state index is -0.658. The smallest absolute Gasteiger partial charge is 0.348 e. The predicted molar refractivity (Wildman–Crippen MR) is 88.8 cm³/mol. The molecule has 1 aliphatic rings. The van der Waals surface area contributed by atoms with E-state index in [2.05, 4.69) is 10.2 Å². The lowest BCUT2D eigenvalue weighted by Crippen LogP contribution is -2.29. The maximum absolute atomic E-state index is 12.3. The summed E-state index contributed by atoms with van der Waals surface area (Å²) in [5.41, 5.74) is 1.82. The maximum Gasteiger partial charge on any atom is 0.348 e. The van der Waals surface area contributed by atoms with Crippen molar-refractivity contribution in [2.45, 2.75) is 25.6 Å². The van der Waals surface area contributed by atoms with Crippen molar-refractivity contribution in [2.75, 3.05) is 0 Å². The summed E-state index contributed by atoms with van der Waals surface area (Å²) in [5, 5.41) is 7.88. The van der Waals surface area contributed by atoms with E-state index in [0.29, 0.717) is 5.89 Å². The predicted octanol–water partition coefficient (Wildman–Crippen LogP) is 3.34. The number of fused-ring (bicyclic) bond motifs is 1. The van der Waals surface area contributed by atoms with E-state index in [1.54, 1.807) is 0 Å². The van der Waals surface area contributed by atoms with E-state index in [4.69, 9.17) is 13.9 Å². The average molecular weight is 336 g/mol. The SMILES string of the molecule is CC1c2ccccc2OC1C(=O)OCc1nnc(-c2ccccc2)o1. The molecular formula is C19H16N2O4. The Morgan fingerprint density at radius 3 is 2.64 bits per heavy atom. The van der Waals surface area contributed by atoms with Crippen molar-refractivity contribution in [1.82, 2.24) is 10.2 Å². The number of benzene rings is 2. The number of nitrogens with zero attached hydrogens (tertiary/aromatic N) is 2. The maximum atomic E-state index is 12.3. The van der Waals surface area contributed by atoms with Gasteiger partial charge in [-0.3, -0.25) is 0 Å². The second kappa shape index (κ2) is 6.39. The van der Waals surface area contributed by atoms with Crippen LogP contribution >= 0.6 is 0 Å². The minimum Gasteiger partial charge on any atom is -0.478 e. The van der Waals surface area contributed by atoms with Crippen molar-refractivity contribution in [3.8, 4) is 17.2 Å². The third-order valence-corrected chi connectivity index (χ3v) is 4.18. The van der Waals surface area contributed by atoms with Crippen LogP contribution in [0.1, 0.15) is 24.3 Å². The third-order valence-electron chi connectivity index (χ3n) is 4.18. The number of carbonyl (C=O) groups excluding carboxylic acids is 1. The molecule has 2 atom stereocenters. The summed E-state index contributed by atoms with van der Waals surface area (Å²) in [4.78, 5) is 12.3. The third kappa shape index (κ3) is 2.98. The van der Waals surface area contributed by atoms with Gasteiger partial charge in [-0.15, -0.1) is 10.2 Å². The van der Waals surface area contributed by atoms with Crippen LogP contribution in [-0.2, 0) is 16.1 Å². The number of aromatic nitrogens is 2. The fourth-order valence-corrected chi connectivity index (χ4v) is 2.84. The van der Waals surface area contributed by atoms with Gasteiger partial charge in [-0.05, 0) is 18.2 Å². The molecule has 0 N–H and O–H groups in total. The standard InChI is InChI=1S/C19H16N2O4/c1-12-14-9-5-6-10-15(14)24-17(12)19(22)23-11-16-20-21-18(25-16)13-7-3-2-4-8-13/h2-10,12,17H,11H2,1H3. The highest BCUT2D eigenvalue weighted by atomic mass is 16.6. The number of ether oxygens (including phenoxy) is 2. The van der Waals surface area contributed by atoms with Crippen molar-refractivity contribution in [3.05, 3.63) is 66.1 Å². The Morgan fingerprint density at radius 2 is 1.84 bits per heavy atom. The van der Waals surface area contributed by atoms with Gasteiger partial charge < -0.3 is 13.9 Å². The van der Waals surface area contributed by atoms with Gasteiger partial charge in [0.25, 0.3) is 5.89 Å². The van der Waals surface area contributed by atoms with Gasteiger partial charge in [0.1, 0.15) is 5.75 Å². The molecule has 4 rings (SSSR count). The Hall–Kier alpha value is -3.15. The fraction of sp³-hybridized carbons (Fsp3) is 0.211. The lowest BCUT2D eigenvalue weighted by Gasteiger charge is -2.13. The largest absolute Gasteiger partial charge is 0.478 e. The number of para-hydroxylation sites is 1. The molecule has 0 saturated heterocycles. The molecule has 2 unspecified atom stereocenters. The molecule has 3 aromatic rings. The first kappa shape index (κ1) is 15.4. The first-order valence-corrected chi connectivity index (χ1v) is 8.02. The first-order chi connectivity index (χ1) is 12.2. The van der Waals surface area contributed by atoms with E-state index >= 15 is 0 Å². The van der Waals surface area contributed by atoms with Gasteiger partial charge in [0.05, 0.1) is 0 Å². The van der Waals surface area contributed by atoms with Crippen LogP contribution in [0.5, 0.6) is 5.75 Å². The van der Waals surface area contributed by atoms with E-state index in [0.717, 1.165) is 16.9 Å². The van der Waals surface area contributed by atoms with Crippen molar-refractivity contribution in [3.63, 3.8) is 0 Å². The van der Waals surface area contributed by atoms with Crippen LogP contribution < -0.4 is 4.74 Å². The van der Waals surface area contributed by atoms with Crippen LogP contribution in [0.4, 0.5) is 0 Å². The Kier molecular flexibility index (Phi) is 3.93. The number of carbonyl (C=O) groups is 1. The van der Waals surface area contributed by atoms with Crippen LogP contribution in [-0.4, -0.2) is 22.3 Å². The zero-order chi connectivity index (χ0) is 17.2. The molecule has 0 fully saturated rings. The lowest BCUT2D eigenvalue weighted by molar-refractivity contribution is -0.154. The average Bonchev–Trinajstić information content (AvgIpc) is 3.26. The monoisotopic (exact) mass is 336 g/mol. The van der Waals surface area contributed by atoms with Gasteiger partial charge in [-0.2, -0.15) is 0 Å². The molecule has 2 aromatic carbocycles. The molecule has 1 aliphatic heterocycles. The van der Waals surface area contributed by atoms with Gasteiger partial charge in [0.2, 0.25) is 12.0 Å². The summed E-state index contributed by atoms with van der Waals surface area (Å²) >= 11 is 0. The van der Waals surface area contributed by atoms with Crippen LogP contribution in [0.15, 0.2) is 59.0 Å². The molecule has 25 heavy (non-hydrogen) atoms. The highest BCUT2D eigenvalue weighted by Crippen LogP contribution is 2.38. The summed E-state index contributed by atoms with van der Waals surface area (Å²) in [5.74, 6) is 0.857. The second-order valence-corrected chi connectivity index (χ2v) is 5.84. The zero-order valence-electron chi connectivity index (χ0n) is 13.6. The fourth-order valence-electron chi connectivity index (χ4n) is 2.84. The van der Waals surface area contributed by atoms with Gasteiger partial charge in [-0.25, -0.2) is 4.79 Å². The van der Waals surface area contributed by atoms with Crippen molar-refractivity contribution >= 4 is 5.97 Å². The molecule has 6 nitrogen and oxygen atoms in total. The number of hydrogen-bond acceptors (Lipinski definition) is 6. The highest BCUT2D eigenvalue weighted by molar-refractivity contribution is 5.78. The molecule has 0 amide bonds. The van der Waals surface area contributed by atoms with Crippen LogP contribution in [0, 0.1) is 0 Å². The number of esters is 1. The van der Waals surface area contributed by atoms with Gasteiger partial charge >= 0.3 is 5.97 Å². The van der Waals surface area contributed by atoms with E-state index < -0.39 is 12.1 Å². The molecular weight excluding hydrogens is 320 g/mol. The molecule has 0 radical (unpaired) electrons. The van der Waals surface area contributed by atoms with Crippen LogP contribution in [0.25, 0.3) is 11.5 Å². The molecule has 0 saturated carbocycles. The van der Waals surface area contributed by atoms with E-state index in [1.807, 2.05) is 61.5 Å². The highest BCUT2D eigenvalue weighted by Gasteiger charge is 2.37. The number of rotatable bonds is 4. The summed E-state index contributed by atoms with van der Waals surface area (Å²) in [6.45, 7) is 1.86. The summed E-state index contributed by atoms with van der Waals surface area (Å²) < 4.78 is 16.5. The summed E-state index contributed by atoms with van der Waals surface area (Å²) in [7, 11) is 0. The Balaban J connectivity index is 1.39. The summed E-state index contributed by atoms with van der Waals surface area (Å²) in [6, 6.07) is 17.0. The quantitative estimate of drug-likeness (QED) is 0.680. The van der Waals surface area contributed by atoms with Gasteiger partial charge in [-0.1, -0.05) is 43.3 Å². The second-order valence-electron chi connectivity index (χ2n) is 5.84. The molecule has 1 aromatic heterocycles. The Morgan fingerprint density at radius 1 is 1.08 bits per heavy atom. The molecule has 126 valence electrons. The minimum absolute atomic E-state index is 0.0636. The molecule has 0 spiro atoms. The van der Waals surface area contributed by atoms with Crippen LogP contribution in [0.3, 0.4) is 0 Å². The van der Waals surface area contributed by atoms with Crippen molar-refractivity contribution < 1.29 is 18.7 Å². The van der Waals surface area contributed by atoms with E-state index in [9.17, 15) is 4.79 Å². The molecule has 6 heteroatoms. The lowest BCUT2D eigenvalue weighted by atomic mass is 9.98. The van der Waals surface area contributed by atoms with E-state index in [-0.39, 0.29) is 18.4 Å². The normalized spacial score (nSPS) is 18.4. The van der Waals surface area contributed by atoms with E-state index in [1.165, 1.54) is 0 Å². The molecule has 0 bridgehead atoms. The van der Waals surface area contributed by atoms with Gasteiger partial charge in [0.15, 0.2) is 6.61 Å². The number of hydrogen-bond donors (Lipinski definition) is 0. The zero-order valence-corrected chi connectivity index (χ0v) is 13.6. The topological polar surface area (TPSA) is 74.5 Å². The Labute approximate surface area is 144 Å². The van der Waals surface area contributed by atoms with Crippen LogP contribution in [0.2, 0.25) is 0 Å².